The Bertz CT molecular complexity index is 360. The summed E-state index contributed by atoms with van der Waals surface area (Å²) in [7, 11) is 0. The highest BCUT2D eigenvalue weighted by atomic mass is 35.5. The van der Waals surface area contributed by atoms with Gasteiger partial charge >= 0.3 is 0 Å². The first-order valence-electron chi connectivity index (χ1n) is 6.59. The Balaban J connectivity index is 2.10. The van der Waals surface area contributed by atoms with E-state index in [1.54, 1.807) is 0 Å². The molecule has 17 heavy (non-hydrogen) atoms. The molecule has 1 aromatic rings. The van der Waals surface area contributed by atoms with Gasteiger partial charge in [-0.25, -0.2) is 0 Å². The Morgan fingerprint density at radius 3 is 2.41 bits per heavy atom. The molecule has 2 N–H and O–H groups in total. The van der Waals surface area contributed by atoms with Crippen LogP contribution in [0, 0.1) is 18.8 Å². The van der Waals surface area contributed by atoms with Crippen molar-refractivity contribution in [1.29, 1.82) is 0 Å². The molecule has 1 nitrogen and oxygen atoms in total. The highest BCUT2D eigenvalue weighted by Gasteiger charge is 2.24. The number of nitrogens with two attached hydrogens (primary N) is 1. The molecule has 94 valence electrons. The Kier molecular flexibility index (Phi) is 4.11. The van der Waals surface area contributed by atoms with Crippen LogP contribution in [0.1, 0.15) is 49.8 Å². The van der Waals surface area contributed by atoms with Crippen molar-refractivity contribution in [2.24, 2.45) is 17.6 Å². The number of hydrogen-bond acceptors (Lipinski definition) is 1. The molecule has 0 spiro atoms. The molecule has 1 aliphatic rings. The molecule has 1 saturated carbocycles. The van der Waals surface area contributed by atoms with Crippen molar-refractivity contribution in [3.8, 4) is 0 Å². The van der Waals surface area contributed by atoms with Crippen molar-refractivity contribution in [3.05, 3.63) is 34.3 Å². The van der Waals surface area contributed by atoms with E-state index in [1.165, 1.54) is 36.8 Å². The molecular formula is C15H22ClN. The Hall–Kier alpha value is -0.530. The van der Waals surface area contributed by atoms with Gasteiger partial charge in [-0.1, -0.05) is 37.4 Å². The van der Waals surface area contributed by atoms with Crippen LogP contribution < -0.4 is 5.73 Å². The third-order valence-electron chi connectivity index (χ3n) is 4.02. The molecule has 1 atom stereocenters. The Morgan fingerprint density at radius 1 is 1.18 bits per heavy atom. The Morgan fingerprint density at radius 2 is 1.82 bits per heavy atom. The van der Waals surface area contributed by atoms with Gasteiger partial charge in [0, 0.05) is 11.1 Å². The Labute approximate surface area is 109 Å². The second-order valence-electron chi connectivity index (χ2n) is 5.61. The zero-order valence-corrected chi connectivity index (χ0v) is 11.5. The van der Waals surface area contributed by atoms with Gasteiger partial charge in [0.1, 0.15) is 0 Å². The molecule has 0 amide bonds. The van der Waals surface area contributed by atoms with Gasteiger partial charge in [-0.2, -0.15) is 0 Å². The first-order valence-corrected chi connectivity index (χ1v) is 6.96. The number of benzene rings is 1. The van der Waals surface area contributed by atoms with Crippen molar-refractivity contribution in [2.75, 3.05) is 0 Å². The first-order chi connectivity index (χ1) is 8.06. The number of hydrogen-bond donors (Lipinski definition) is 1. The molecule has 1 aromatic carbocycles. The molecule has 2 heteroatoms. The van der Waals surface area contributed by atoms with Crippen LogP contribution in [0.3, 0.4) is 0 Å². The molecule has 0 saturated heterocycles. The van der Waals surface area contributed by atoms with Crippen LogP contribution in [-0.4, -0.2) is 0 Å². The average Bonchev–Trinajstić information content (AvgIpc) is 2.28. The van der Waals surface area contributed by atoms with Crippen molar-refractivity contribution in [1.82, 2.24) is 0 Å². The molecule has 0 bridgehead atoms. The lowest BCUT2D eigenvalue weighted by atomic mass is 9.77. The van der Waals surface area contributed by atoms with E-state index in [2.05, 4.69) is 19.9 Å². The molecule has 1 unspecified atom stereocenters. The summed E-state index contributed by atoms with van der Waals surface area (Å²) in [5.74, 6) is 1.50. The predicted octanol–water partition coefficient (Wildman–Crippen LogP) is 4.47. The largest absolute Gasteiger partial charge is 0.324 e. The summed E-state index contributed by atoms with van der Waals surface area (Å²) < 4.78 is 0. The van der Waals surface area contributed by atoms with Gasteiger partial charge in [0.25, 0.3) is 0 Å². The SMILES string of the molecule is Cc1cc(Cl)cc(C(N)C2CCC(C)CC2)c1. The van der Waals surface area contributed by atoms with Crippen LogP contribution in [0.4, 0.5) is 0 Å². The van der Waals surface area contributed by atoms with E-state index in [1.807, 2.05) is 12.1 Å². The maximum Gasteiger partial charge on any atom is 0.0411 e. The van der Waals surface area contributed by atoms with Crippen LogP contribution in [0.25, 0.3) is 0 Å². The summed E-state index contributed by atoms with van der Waals surface area (Å²) in [5, 5.41) is 0.805. The van der Waals surface area contributed by atoms with E-state index in [0.29, 0.717) is 5.92 Å². The lowest BCUT2D eigenvalue weighted by Crippen LogP contribution is -2.25. The summed E-state index contributed by atoms with van der Waals surface area (Å²) in [4.78, 5) is 0. The number of halogens is 1. The minimum atomic E-state index is 0.153. The highest BCUT2D eigenvalue weighted by Crippen LogP contribution is 2.36. The lowest BCUT2D eigenvalue weighted by Gasteiger charge is -2.31. The summed E-state index contributed by atoms with van der Waals surface area (Å²) in [6.07, 6.45) is 5.15. The third-order valence-corrected chi connectivity index (χ3v) is 4.24. The average molecular weight is 252 g/mol. The maximum atomic E-state index is 6.39. The van der Waals surface area contributed by atoms with Crippen LogP contribution in [0.15, 0.2) is 18.2 Å². The summed E-state index contributed by atoms with van der Waals surface area (Å²) in [6.45, 7) is 4.41. The first kappa shape index (κ1) is 12.9. The fraction of sp³-hybridized carbons (Fsp3) is 0.600. The van der Waals surface area contributed by atoms with Crippen LogP contribution in [-0.2, 0) is 0 Å². The van der Waals surface area contributed by atoms with Gasteiger partial charge in [0.15, 0.2) is 0 Å². The number of aryl methyl sites for hydroxylation is 1. The van der Waals surface area contributed by atoms with E-state index < -0.39 is 0 Å². The smallest absolute Gasteiger partial charge is 0.0411 e. The second kappa shape index (κ2) is 5.41. The van der Waals surface area contributed by atoms with E-state index in [4.69, 9.17) is 17.3 Å². The minimum Gasteiger partial charge on any atom is -0.324 e. The molecule has 1 aliphatic carbocycles. The molecular weight excluding hydrogens is 230 g/mol. The fourth-order valence-corrected chi connectivity index (χ4v) is 3.17. The van der Waals surface area contributed by atoms with Crippen molar-refractivity contribution < 1.29 is 0 Å². The molecule has 2 rings (SSSR count). The van der Waals surface area contributed by atoms with Gasteiger partial charge in [-0.3, -0.25) is 0 Å². The van der Waals surface area contributed by atoms with Crippen molar-refractivity contribution in [3.63, 3.8) is 0 Å². The van der Waals surface area contributed by atoms with E-state index in [-0.39, 0.29) is 6.04 Å². The summed E-state index contributed by atoms with van der Waals surface area (Å²) in [6, 6.07) is 6.34. The van der Waals surface area contributed by atoms with Gasteiger partial charge < -0.3 is 5.73 Å². The highest BCUT2D eigenvalue weighted by molar-refractivity contribution is 6.30. The zero-order chi connectivity index (χ0) is 12.4. The van der Waals surface area contributed by atoms with Crippen molar-refractivity contribution in [2.45, 2.75) is 45.6 Å². The fourth-order valence-electron chi connectivity index (χ4n) is 2.87. The van der Waals surface area contributed by atoms with Crippen LogP contribution in [0.2, 0.25) is 5.02 Å². The molecule has 0 aromatic heterocycles. The van der Waals surface area contributed by atoms with Gasteiger partial charge in [0.2, 0.25) is 0 Å². The predicted molar refractivity (Wildman–Crippen MR) is 74.2 cm³/mol. The van der Waals surface area contributed by atoms with E-state index in [0.717, 1.165) is 10.9 Å². The monoisotopic (exact) mass is 251 g/mol. The van der Waals surface area contributed by atoms with Crippen LogP contribution >= 0.6 is 11.6 Å². The van der Waals surface area contributed by atoms with E-state index >= 15 is 0 Å². The third kappa shape index (κ3) is 3.23. The topological polar surface area (TPSA) is 26.0 Å². The van der Waals surface area contributed by atoms with Crippen molar-refractivity contribution >= 4 is 11.6 Å². The zero-order valence-electron chi connectivity index (χ0n) is 10.7. The molecule has 0 aliphatic heterocycles. The molecule has 0 radical (unpaired) electrons. The summed E-state index contributed by atoms with van der Waals surface area (Å²) in [5.41, 5.74) is 8.80. The maximum absolute atomic E-state index is 6.39. The second-order valence-corrected chi connectivity index (χ2v) is 6.04. The summed E-state index contributed by atoms with van der Waals surface area (Å²) >= 11 is 6.10. The van der Waals surface area contributed by atoms with E-state index in [9.17, 15) is 0 Å². The van der Waals surface area contributed by atoms with Crippen LogP contribution in [0.5, 0.6) is 0 Å². The quantitative estimate of drug-likeness (QED) is 0.824. The van der Waals surface area contributed by atoms with Gasteiger partial charge in [-0.05, 0) is 54.9 Å². The lowest BCUT2D eigenvalue weighted by molar-refractivity contribution is 0.256. The minimum absolute atomic E-state index is 0.153. The standard InChI is InChI=1S/C15H22ClN/c1-10-3-5-12(6-4-10)15(17)13-7-11(2)8-14(16)9-13/h7-10,12,15H,3-6,17H2,1-2H3. The molecule has 1 fully saturated rings. The normalized spacial score (nSPS) is 26.8. The number of rotatable bonds is 2. The van der Waals surface area contributed by atoms with Gasteiger partial charge in [0.05, 0.1) is 0 Å². The van der Waals surface area contributed by atoms with Gasteiger partial charge in [-0.15, -0.1) is 0 Å². The molecule has 0 heterocycles.